The molecular formula is C44H51ClN8O4S2. The maximum absolute atomic E-state index is 13.8. The van der Waals surface area contributed by atoms with Crippen LogP contribution in [0.1, 0.15) is 44.1 Å². The standard InChI is InChI=1S/C44H51ClN8O4S2/c1-50(2)22-21-35(30-58-37-10-6-4-7-11-37)48-41-20-18-38(28-43(41)53(54)55)59(56,57)49-44-40-19-17-36(27-42(40)46-31-47-44)52-25-23-51(24-26-52)29-33-9-5-3-8-12-39(33)32-13-15-34(45)16-14-32/h4,6-7,10-11,13-20,27-28,31,35,48H,3,5,8-9,12,21-26,29-30H2,1-2H3,(H,46,47,49)/t35-/m1/s1. The first kappa shape index (κ1) is 42.4. The van der Waals surface area contributed by atoms with Gasteiger partial charge in [0.05, 0.1) is 15.3 Å². The fraction of sp³-hybridized carbons (Fsp3) is 0.364. The zero-order valence-electron chi connectivity index (χ0n) is 33.5. The lowest BCUT2D eigenvalue weighted by atomic mass is 9.95. The van der Waals surface area contributed by atoms with Gasteiger partial charge in [0.15, 0.2) is 5.82 Å². The topological polar surface area (TPSA) is 137 Å². The van der Waals surface area contributed by atoms with Gasteiger partial charge in [-0.3, -0.25) is 19.7 Å². The Morgan fingerprint density at radius 2 is 1.68 bits per heavy atom. The molecule has 0 amide bonds. The predicted octanol–water partition coefficient (Wildman–Crippen LogP) is 9.06. The minimum Gasteiger partial charge on any atom is -0.376 e. The highest BCUT2D eigenvalue weighted by molar-refractivity contribution is 7.99. The molecule has 0 radical (unpaired) electrons. The van der Waals surface area contributed by atoms with Gasteiger partial charge >= 0.3 is 0 Å². The van der Waals surface area contributed by atoms with Crippen LogP contribution >= 0.6 is 23.4 Å². The van der Waals surface area contributed by atoms with E-state index in [0.29, 0.717) is 16.7 Å². The van der Waals surface area contributed by atoms with Crippen LogP contribution in [0.5, 0.6) is 0 Å². The van der Waals surface area contributed by atoms with Gasteiger partial charge in [0.1, 0.15) is 12.0 Å². The number of sulfonamides is 1. The Hall–Kier alpha value is -4.73. The van der Waals surface area contributed by atoms with E-state index in [1.54, 1.807) is 11.8 Å². The number of thioether (sulfide) groups is 1. The number of nitro groups is 1. The van der Waals surface area contributed by atoms with Gasteiger partial charge in [-0.15, -0.1) is 11.8 Å². The molecule has 5 aromatic rings. The van der Waals surface area contributed by atoms with Crippen molar-refractivity contribution in [2.24, 2.45) is 0 Å². The van der Waals surface area contributed by atoms with Gasteiger partial charge < -0.3 is 15.1 Å². The molecule has 1 fully saturated rings. The van der Waals surface area contributed by atoms with Crippen molar-refractivity contribution in [2.75, 3.05) is 74.1 Å². The molecule has 4 aromatic carbocycles. The van der Waals surface area contributed by atoms with E-state index in [2.05, 4.69) is 46.8 Å². The summed E-state index contributed by atoms with van der Waals surface area (Å²) in [5.74, 6) is 0.770. The molecule has 310 valence electrons. The van der Waals surface area contributed by atoms with Crippen LogP contribution in [-0.4, -0.2) is 98.3 Å². The van der Waals surface area contributed by atoms with E-state index in [9.17, 15) is 18.5 Å². The van der Waals surface area contributed by atoms with Gasteiger partial charge in [-0.2, -0.15) is 0 Å². The predicted molar refractivity (Wildman–Crippen MR) is 241 cm³/mol. The average Bonchev–Trinajstić information content (AvgIpc) is 3.47. The number of nitrogens with one attached hydrogen (secondary N) is 2. The minimum absolute atomic E-state index is 0.103. The van der Waals surface area contributed by atoms with Gasteiger partial charge in [-0.25, -0.2) is 18.4 Å². The van der Waals surface area contributed by atoms with E-state index < -0.39 is 14.9 Å². The summed E-state index contributed by atoms with van der Waals surface area (Å²) < 4.78 is 30.1. The number of allylic oxidation sites excluding steroid dienone is 1. The van der Waals surface area contributed by atoms with Crippen LogP contribution in [0.2, 0.25) is 5.02 Å². The van der Waals surface area contributed by atoms with Crippen molar-refractivity contribution in [3.05, 3.63) is 124 Å². The molecule has 1 aliphatic carbocycles. The molecule has 0 unspecified atom stereocenters. The van der Waals surface area contributed by atoms with E-state index >= 15 is 0 Å². The molecule has 7 rings (SSSR count). The SMILES string of the molecule is CN(C)CC[C@H](CSc1ccccc1)Nc1ccc(S(=O)(=O)Nc2ncnc3cc(N4CCN(CC5=C(c6ccc(Cl)cc6)CCCCC5)CC4)ccc23)cc1[N+](=O)[O-]. The van der Waals surface area contributed by atoms with Crippen LogP contribution in [-0.2, 0) is 10.0 Å². The Labute approximate surface area is 356 Å². The van der Waals surface area contributed by atoms with Gasteiger partial charge in [0.2, 0.25) is 0 Å². The Balaban J connectivity index is 1.02. The van der Waals surface area contributed by atoms with Crippen LogP contribution in [0.3, 0.4) is 0 Å². The van der Waals surface area contributed by atoms with Crippen molar-refractivity contribution < 1.29 is 13.3 Å². The molecule has 0 spiro atoms. The Morgan fingerprint density at radius 3 is 2.42 bits per heavy atom. The second-order valence-electron chi connectivity index (χ2n) is 15.4. The van der Waals surface area contributed by atoms with Crippen LogP contribution < -0.4 is 14.9 Å². The van der Waals surface area contributed by atoms with E-state index in [4.69, 9.17) is 11.6 Å². The third-order valence-electron chi connectivity index (χ3n) is 11.0. The zero-order valence-corrected chi connectivity index (χ0v) is 35.9. The van der Waals surface area contributed by atoms with Crippen molar-refractivity contribution in [3.8, 4) is 0 Å². The number of nitro benzene ring substituents is 1. The summed E-state index contributed by atoms with van der Waals surface area (Å²) in [7, 11) is -0.296. The lowest BCUT2D eigenvalue weighted by molar-refractivity contribution is -0.384. The van der Waals surface area contributed by atoms with Crippen LogP contribution in [0, 0.1) is 10.1 Å². The second-order valence-corrected chi connectivity index (χ2v) is 18.6. The van der Waals surface area contributed by atoms with E-state index in [1.165, 1.54) is 54.4 Å². The quantitative estimate of drug-likeness (QED) is 0.0559. The summed E-state index contributed by atoms with van der Waals surface area (Å²) in [4.78, 5) is 28.3. The highest BCUT2D eigenvalue weighted by atomic mass is 35.5. The van der Waals surface area contributed by atoms with Gasteiger partial charge in [-0.1, -0.05) is 53.9 Å². The van der Waals surface area contributed by atoms with Crippen LogP contribution in [0.4, 0.5) is 22.9 Å². The zero-order chi connectivity index (χ0) is 41.4. The van der Waals surface area contributed by atoms with Gasteiger partial charge in [-0.05, 0) is 118 Å². The van der Waals surface area contributed by atoms with Gasteiger partial charge in [0, 0.05) is 71.6 Å². The van der Waals surface area contributed by atoms with E-state index in [0.717, 1.165) is 80.2 Å². The summed E-state index contributed by atoms with van der Waals surface area (Å²) in [6.45, 7) is 5.29. The third kappa shape index (κ3) is 11.1. The third-order valence-corrected chi connectivity index (χ3v) is 13.7. The van der Waals surface area contributed by atoms with Gasteiger partial charge in [0.25, 0.3) is 15.7 Å². The fourth-order valence-electron chi connectivity index (χ4n) is 7.76. The molecule has 15 heteroatoms. The number of hydrogen-bond donors (Lipinski definition) is 2. The Kier molecular flexibility index (Phi) is 14.1. The Bertz CT molecular complexity index is 2370. The molecule has 1 atom stereocenters. The van der Waals surface area contributed by atoms with Crippen LogP contribution in [0.25, 0.3) is 16.5 Å². The first-order valence-corrected chi connectivity index (χ1v) is 23.0. The number of nitrogens with zero attached hydrogens (tertiary/aromatic N) is 6. The van der Waals surface area contributed by atoms with Crippen molar-refractivity contribution in [2.45, 2.75) is 54.4 Å². The molecule has 1 saturated heterocycles. The number of aromatic nitrogens is 2. The fourth-order valence-corrected chi connectivity index (χ4v) is 9.93. The van der Waals surface area contributed by atoms with Crippen LogP contribution in [0.15, 0.2) is 113 Å². The summed E-state index contributed by atoms with van der Waals surface area (Å²) in [6.07, 6.45) is 7.98. The highest BCUT2D eigenvalue weighted by Gasteiger charge is 2.26. The number of fused-ring (bicyclic) bond motifs is 1. The maximum atomic E-state index is 13.8. The second kappa shape index (κ2) is 19.6. The summed E-state index contributed by atoms with van der Waals surface area (Å²) in [5.41, 5.74) is 5.83. The van der Waals surface area contributed by atoms with Crippen molar-refractivity contribution >= 4 is 72.7 Å². The molecule has 1 aromatic heterocycles. The lowest BCUT2D eigenvalue weighted by Crippen LogP contribution is -2.47. The van der Waals surface area contributed by atoms with Crippen molar-refractivity contribution in [1.82, 2.24) is 19.8 Å². The molecule has 1 aliphatic heterocycles. The molecule has 0 saturated carbocycles. The molecule has 2 aliphatic rings. The molecular weight excluding hydrogens is 804 g/mol. The average molecular weight is 856 g/mol. The first-order chi connectivity index (χ1) is 28.5. The van der Waals surface area contributed by atoms with E-state index in [-0.39, 0.29) is 28.1 Å². The number of halogens is 1. The summed E-state index contributed by atoms with van der Waals surface area (Å²) >= 11 is 7.86. The molecule has 2 N–H and O–H groups in total. The number of benzene rings is 4. The largest absolute Gasteiger partial charge is 0.376 e. The van der Waals surface area contributed by atoms with E-state index in [1.807, 2.05) is 74.8 Å². The monoisotopic (exact) mass is 854 g/mol. The number of hydrogen-bond acceptors (Lipinski definition) is 11. The van der Waals surface area contributed by atoms with Crippen molar-refractivity contribution in [1.29, 1.82) is 0 Å². The smallest absolute Gasteiger partial charge is 0.293 e. The molecule has 59 heavy (non-hydrogen) atoms. The normalized spacial score (nSPS) is 16.0. The minimum atomic E-state index is -4.26. The molecule has 0 bridgehead atoms. The Morgan fingerprint density at radius 1 is 0.915 bits per heavy atom. The highest BCUT2D eigenvalue weighted by Crippen LogP contribution is 2.34. The summed E-state index contributed by atoms with van der Waals surface area (Å²) in [6, 6.07) is 27.9. The maximum Gasteiger partial charge on any atom is 0.293 e. The lowest BCUT2D eigenvalue weighted by Gasteiger charge is -2.37. The summed E-state index contributed by atoms with van der Waals surface area (Å²) in [5, 5.41) is 16.9. The number of piperazine rings is 1. The number of anilines is 3. The van der Waals surface area contributed by atoms with Crippen molar-refractivity contribution in [3.63, 3.8) is 0 Å². The number of rotatable bonds is 16. The molecule has 12 nitrogen and oxygen atoms in total. The molecule has 2 heterocycles. The first-order valence-electron chi connectivity index (χ1n) is 20.1.